The summed E-state index contributed by atoms with van der Waals surface area (Å²) in [5.41, 5.74) is 2.47. The molecule has 1 fully saturated rings. The molecule has 1 heterocycles. The van der Waals surface area contributed by atoms with Gasteiger partial charge in [-0.15, -0.1) is 0 Å². The fraction of sp³-hybridized carbons (Fsp3) is 0.533. The van der Waals surface area contributed by atoms with Crippen LogP contribution in [0.15, 0.2) is 24.3 Å². The summed E-state index contributed by atoms with van der Waals surface area (Å²) < 4.78 is 0. The summed E-state index contributed by atoms with van der Waals surface area (Å²) in [4.78, 5) is 4.51. The Labute approximate surface area is 109 Å². The van der Waals surface area contributed by atoms with Gasteiger partial charge in [0.1, 0.15) is 5.84 Å². The molecule has 1 N–H and O–H groups in total. The molecule has 0 radical (unpaired) electrons. The van der Waals surface area contributed by atoms with Gasteiger partial charge in [0.2, 0.25) is 0 Å². The van der Waals surface area contributed by atoms with E-state index in [0.717, 1.165) is 18.9 Å². The van der Waals surface area contributed by atoms with Crippen molar-refractivity contribution < 1.29 is 0 Å². The molecule has 1 aromatic carbocycles. The lowest BCUT2D eigenvalue weighted by molar-refractivity contribution is 0.693. The highest BCUT2D eigenvalue weighted by molar-refractivity contribution is 6.01. The smallest absolute Gasteiger partial charge is 0.104 e. The van der Waals surface area contributed by atoms with Gasteiger partial charge in [-0.3, -0.25) is 5.41 Å². The van der Waals surface area contributed by atoms with Crippen molar-refractivity contribution in [1.82, 2.24) is 0 Å². The van der Waals surface area contributed by atoms with E-state index < -0.39 is 0 Å². The Kier molecular flexibility index (Phi) is 2.98. The summed E-state index contributed by atoms with van der Waals surface area (Å²) in [5, 5.41) is 8.48. The molecule has 0 saturated heterocycles. The third-order valence-electron chi connectivity index (χ3n) is 4.28. The van der Waals surface area contributed by atoms with Gasteiger partial charge in [0.05, 0.1) is 11.4 Å². The summed E-state index contributed by atoms with van der Waals surface area (Å²) in [6.45, 7) is 1.95. The first-order valence-corrected chi connectivity index (χ1v) is 6.93. The number of likely N-dealkylation sites (N-methyl/N-ethyl adjacent to an activating group) is 1. The average molecular weight is 243 g/mol. The Balaban J connectivity index is 1.89. The normalized spacial score (nSPS) is 20.1. The summed E-state index contributed by atoms with van der Waals surface area (Å²) in [5.74, 6) is 1.33. The molecule has 0 spiro atoms. The molecule has 3 rings (SSSR count). The number of hydrogen-bond acceptors (Lipinski definition) is 2. The predicted molar refractivity (Wildman–Crippen MR) is 76.7 cm³/mol. The van der Waals surface area contributed by atoms with Crippen LogP contribution in [-0.2, 0) is 0 Å². The van der Waals surface area contributed by atoms with Crippen LogP contribution < -0.4 is 9.80 Å². The van der Waals surface area contributed by atoms with Crippen molar-refractivity contribution in [2.45, 2.75) is 25.7 Å². The molecule has 1 aromatic rings. The quantitative estimate of drug-likeness (QED) is 0.607. The van der Waals surface area contributed by atoms with Crippen LogP contribution in [0, 0.1) is 11.3 Å². The Hall–Kier alpha value is -1.51. The number of rotatable bonds is 1. The topological polar surface area (TPSA) is 30.3 Å². The number of anilines is 2. The fourth-order valence-corrected chi connectivity index (χ4v) is 3.18. The minimum Gasteiger partial charge on any atom is -0.371 e. The summed E-state index contributed by atoms with van der Waals surface area (Å²) in [6, 6.07) is 8.46. The number of nitrogens with zero attached hydrogens (tertiary/aromatic N) is 2. The highest BCUT2D eigenvalue weighted by Crippen LogP contribution is 2.35. The van der Waals surface area contributed by atoms with Crippen LogP contribution in [0.1, 0.15) is 25.7 Å². The lowest BCUT2D eigenvalue weighted by atomic mass is 10.0. The monoisotopic (exact) mass is 243 g/mol. The largest absolute Gasteiger partial charge is 0.371 e. The Morgan fingerprint density at radius 2 is 1.78 bits per heavy atom. The zero-order chi connectivity index (χ0) is 12.5. The maximum absolute atomic E-state index is 8.48. The van der Waals surface area contributed by atoms with Crippen molar-refractivity contribution in [3.8, 4) is 0 Å². The fourth-order valence-electron chi connectivity index (χ4n) is 3.18. The van der Waals surface area contributed by atoms with Crippen LogP contribution in [0.3, 0.4) is 0 Å². The molecule has 1 saturated carbocycles. The lowest BCUT2D eigenvalue weighted by Gasteiger charge is -2.38. The van der Waals surface area contributed by atoms with Crippen LogP contribution in [0.4, 0.5) is 11.4 Å². The van der Waals surface area contributed by atoms with Crippen LogP contribution in [0.2, 0.25) is 0 Å². The maximum atomic E-state index is 8.48. The van der Waals surface area contributed by atoms with Crippen molar-refractivity contribution in [2.75, 3.05) is 29.9 Å². The van der Waals surface area contributed by atoms with Gasteiger partial charge in [0, 0.05) is 26.1 Å². The first-order valence-electron chi connectivity index (χ1n) is 6.93. The number of amidine groups is 1. The summed E-state index contributed by atoms with van der Waals surface area (Å²) >= 11 is 0. The first-order chi connectivity index (χ1) is 8.77. The number of hydrogen-bond donors (Lipinski definition) is 1. The van der Waals surface area contributed by atoms with Crippen molar-refractivity contribution in [1.29, 1.82) is 5.41 Å². The first kappa shape index (κ1) is 11.6. The second-order valence-electron chi connectivity index (χ2n) is 5.43. The third kappa shape index (κ3) is 1.88. The molecule has 1 aliphatic carbocycles. The molecule has 18 heavy (non-hydrogen) atoms. The van der Waals surface area contributed by atoms with E-state index in [2.05, 4.69) is 41.1 Å². The van der Waals surface area contributed by atoms with E-state index in [1.165, 1.54) is 37.1 Å². The van der Waals surface area contributed by atoms with Gasteiger partial charge in [0.25, 0.3) is 0 Å². The molecular formula is C15H21N3. The zero-order valence-corrected chi connectivity index (χ0v) is 11.0. The SMILES string of the molecule is CN1CCN(C(=N)C2CCCC2)c2ccccc21. The predicted octanol–water partition coefficient (Wildman–Crippen LogP) is 3.11. The van der Waals surface area contributed by atoms with E-state index in [1.54, 1.807) is 0 Å². The molecule has 0 unspecified atom stereocenters. The Bertz CT molecular complexity index is 449. The molecule has 0 atom stereocenters. The standard InChI is InChI=1S/C15H21N3/c1-17-10-11-18(14-9-5-4-8-13(14)17)15(16)12-6-2-3-7-12/h4-5,8-9,12,16H,2-3,6-7,10-11H2,1H3. The Morgan fingerprint density at radius 3 is 2.50 bits per heavy atom. The highest BCUT2D eigenvalue weighted by atomic mass is 15.3. The Morgan fingerprint density at radius 1 is 1.11 bits per heavy atom. The van der Waals surface area contributed by atoms with E-state index in [9.17, 15) is 0 Å². The van der Waals surface area contributed by atoms with Crippen molar-refractivity contribution in [2.24, 2.45) is 5.92 Å². The molecule has 0 bridgehead atoms. The van der Waals surface area contributed by atoms with Crippen LogP contribution >= 0.6 is 0 Å². The molecule has 0 amide bonds. The lowest BCUT2D eigenvalue weighted by Crippen LogP contribution is -2.44. The van der Waals surface area contributed by atoms with Gasteiger partial charge in [-0.25, -0.2) is 0 Å². The molecule has 96 valence electrons. The van der Waals surface area contributed by atoms with E-state index >= 15 is 0 Å². The molecule has 3 heteroatoms. The second-order valence-corrected chi connectivity index (χ2v) is 5.43. The van der Waals surface area contributed by atoms with Gasteiger partial charge in [-0.2, -0.15) is 0 Å². The zero-order valence-electron chi connectivity index (χ0n) is 11.0. The van der Waals surface area contributed by atoms with E-state index in [1.807, 2.05) is 0 Å². The van der Waals surface area contributed by atoms with Gasteiger partial charge >= 0.3 is 0 Å². The average Bonchev–Trinajstić information content (AvgIpc) is 2.93. The van der Waals surface area contributed by atoms with Crippen molar-refractivity contribution in [3.63, 3.8) is 0 Å². The molecular weight excluding hydrogens is 222 g/mol. The number of nitrogens with one attached hydrogen (secondary N) is 1. The maximum Gasteiger partial charge on any atom is 0.104 e. The van der Waals surface area contributed by atoms with Crippen LogP contribution in [-0.4, -0.2) is 26.0 Å². The summed E-state index contributed by atoms with van der Waals surface area (Å²) in [7, 11) is 2.13. The number of benzene rings is 1. The van der Waals surface area contributed by atoms with Crippen molar-refractivity contribution in [3.05, 3.63) is 24.3 Å². The molecule has 3 nitrogen and oxygen atoms in total. The minimum absolute atomic E-state index is 0.487. The molecule has 1 aliphatic heterocycles. The van der Waals surface area contributed by atoms with Gasteiger partial charge in [-0.1, -0.05) is 25.0 Å². The van der Waals surface area contributed by atoms with E-state index in [-0.39, 0.29) is 0 Å². The third-order valence-corrected chi connectivity index (χ3v) is 4.28. The number of para-hydroxylation sites is 2. The molecule has 2 aliphatic rings. The van der Waals surface area contributed by atoms with E-state index in [4.69, 9.17) is 5.41 Å². The van der Waals surface area contributed by atoms with Crippen molar-refractivity contribution >= 4 is 17.2 Å². The van der Waals surface area contributed by atoms with Gasteiger partial charge < -0.3 is 9.80 Å². The minimum atomic E-state index is 0.487. The number of fused-ring (bicyclic) bond motifs is 1. The highest BCUT2D eigenvalue weighted by Gasteiger charge is 2.28. The summed E-state index contributed by atoms with van der Waals surface area (Å²) in [6.07, 6.45) is 4.99. The van der Waals surface area contributed by atoms with Gasteiger partial charge in [0.15, 0.2) is 0 Å². The molecule has 0 aromatic heterocycles. The van der Waals surface area contributed by atoms with Crippen LogP contribution in [0.25, 0.3) is 0 Å². The van der Waals surface area contributed by atoms with E-state index in [0.29, 0.717) is 5.92 Å². The van der Waals surface area contributed by atoms with Gasteiger partial charge in [-0.05, 0) is 25.0 Å². The van der Waals surface area contributed by atoms with Crippen LogP contribution in [0.5, 0.6) is 0 Å². The second kappa shape index (κ2) is 4.63.